The van der Waals surface area contributed by atoms with Gasteiger partial charge in [-0.25, -0.2) is 0 Å². The third-order valence-corrected chi connectivity index (χ3v) is 6.36. The van der Waals surface area contributed by atoms with E-state index in [0.29, 0.717) is 0 Å². The first-order valence-electron chi connectivity index (χ1n) is 11.0. The van der Waals surface area contributed by atoms with E-state index in [4.69, 9.17) is 14.2 Å². The van der Waals surface area contributed by atoms with Crippen LogP contribution in [-0.2, 0) is 17.8 Å². The first-order chi connectivity index (χ1) is 15.0. The highest BCUT2D eigenvalue weighted by Crippen LogP contribution is 2.40. The molecule has 1 fully saturated rings. The van der Waals surface area contributed by atoms with E-state index >= 15 is 0 Å². The Labute approximate surface area is 184 Å². The van der Waals surface area contributed by atoms with Gasteiger partial charge in [0.05, 0.1) is 27.4 Å². The minimum atomic E-state index is -0.0245. The third kappa shape index (κ3) is 4.64. The predicted molar refractivity (Wildman–Crippen MR) is 120 cm³/mol. The number of carbonyl (C=O) groups is 1. The molecule has 31 heavy (non-hydrogen) atoms. The molecule has 0 spiro atoms. The Hall–Kier alpha value is -2.73. The fourth-order valence-electron chi connectivity index (χ4n) is 4.52. The molecule has 0 unspecified atom stereocenters. The molecule has 0 radical (unpaired) electrons. The summed E-state index contributed by atoms with van der Waals surface area (Å²) in [4.78, 5) is 15.0. The monoisotopic (exact) mass is 424 g/mol. The maximum atomic E-state index is 12.5. The SMILES string of the molecule is COc1ccc(CN2CCc3cc(OC)c(OC)cc3[C@@H]2[C@H](C)NC(=O)C2CC2)cc1. The molecule has 1 saturated carbocycles. The molecule has 1 aliphatic carbocycles. The Balaban J connectivity index is 1.65. The van der Waals surface area contributed by atoms with Crippen LogP contribution in [0.15, 0.2) is 36.4 Å². The van der Waals surface area contributed by atoms with Gasteiger partial charge in [-0.1, -0.05) is 12.1 Å². The van der Waals surface area contributed by atoms with Crippen molar-refractivity contribution in [2.45, 2.75) is 44.8 Å². The van der Waals surface area contributed by atoms with E-state index in [1.54, 1.807) is 21.3 Å². The normalized spacial score (nSPS) is 19.3. The highest BCUT2D eigenvalue weighted by atomic mass is 16.5. The van der Waals surface area contributed by atoms with Crippen molar-refractivity contribution in [3.8, 4) is 17.2 Å². The molecule has 6 heteroatoms. The zero-order valence-corrected chi connectivity index (χ0v) is 18.8. The smallest absolute Gasteiger partial charge is 0.223 e. The maximum Gasteiger partial charge on any atom is 0.223 e. The Morgan fingerprint density at radius 1 is 1.06 bits per heavy atom. The van der Waals surface area contributed by atoms with Gasteiger partial charge in [-0.2, -0.15) is 0 Å². The van der Waals surface area contributed by atoms with Crippen molar-refractivity contribution in [3.63, 3.8) is 0 Å². The van der Waals surface area contributed by atoms with Crippen LogP contribution < -0.4 is 19.5 Å². The number of hydrogen-bond acceptors (Lipinski definition) is 5. The van der Waals surface area contributed by atoms with Crippen LogP contribution in [0, 0.1) is 5.92 Å². The van der Waals surface area contributed by atoms with Crippen molar-refractivity contribution in [1.29, 1.82) is 0 Å². The van der Waals surface area contributed by atoms with Crippen LogP contribution in [0.5, 0.6) is 17.2 Å². The van der Waals surface area contributed by atoms with Crippen LogP contribution in [0.25, 0.3) is 0 Å². The van der Waals surface area contributed by atoms with E-state index in [-0.39, 0.29) is 23.9 Å². The predicted octanol–water partition coefficient (Wildman–Crippen LogP) is 3.73. The number of nitrogens with one attached hydrogen (secondary N) is 1. The molecule has 0 saturated heterocycles. The Bertz CT molecular complexity index is 924. The molecule has 6 nitrogen and oxygen atoms in total. The zero-order valence-electron chi connectivity index (χ0n) is 18.8. The second kappa shape index (κ2) is 9.18. The standard InChI is InChI=1S/C25H32N2O4/c1-16(26-25(28)18-7-8-18)24-21-14-23(31-4)22(30-3)13-19(21)11-12-27(24)15-17-5-9-20(29-2)10-6-17/h5-6,9-10,13-14,16,18,24H,7-8,11-12,15H2,1-4H3,(H,26,28)/t16-,24-/m0/s1. The third-order valence-electron chi connectivity index (χ3n) is 6.36. The minimum absolute atomic E-state index is 0.0245. The van der Waals surface area contributed by atoms with Gasteiger partial charge in [-0.05, 0) is 67.1 Å². The van der Waals surface area contributed by atoms with Crippen molar-refractivity contribution in [3.05, 3.63) is 53.1 Å². The number of amides is 1. The molecule has 0 aromatic heterocycles. The van der Waals surface area contributed by atoms with Gasteiger partial charge in [0.15, 0.2) is 11.5 Å². The van der Waals surface area contributed by atoms with Crippen LogP contribution >= 0.6 is 0 Å². The number of nitrogens with zero attached hydrogens (tertiary/aromatic N) is 1. The quantitative estimate of drug-likeness (QED) is 0.700. The van der Waals surface area contributed by atoms with E-state index in [2.05, 4.69) is 41.4 Å². The summed E-state index contributed by atoms with van der Waals surface area (Å²) in [7, 11) is 5.01. The van der Waals surface area contributed by atoms with Crippen molar-refractivity contribution >= 4 is 5.91 Å². The molecule has 2 aromatic rings. The lowest BCUT2D eigenvalue weighted by atomic mass is 9.87. The summed E-state index contributed by atoms with van der Waals surface area (Å²) in [5.74, 6) is 2.68. The summed E-state index contributed by atoms with van der Waals surface area (Å²) < 4.78 is 16.4. The van der Waals surface area contributed by atoms with E-state index in [1.807, 2.05) is 12.1 Å². The first kappa shape index (κ1) is 21.5. The van der Waals surface area contributed by atoms with Crippen molar-refractivity contribution in [2.24, 2.45) is 5.92 Å². The summed E-state index contributed by atoms with van der Waals surface area (Å²) in [5.41, 5.74) is 3.66. The summed E-state index contributed by atoms with van der Waals surface area (Å²) in [6, 6.07) is 12.4. The minimum Gasteiger partial charge on any atom is -0.497 e. The number of carbonyl (C=O) groups excluding carboxylic acids is 1. The lowest BCUT2D eigenvalue weighted by molar-refractivity contribution is -0.123. The molecular weight excluding hydrogens is 392 g/mol. The Kier molecular flexibility index (Phi) is 6.37. The van der Waals surface area contributed by atoms with E-state index in [1.165, 1.54) is 16.7 Å². The van der Waals surface area contributed by atoms with Gasteiger partial charge in [0.2, 0.25) is 5.91 Å². The summed E-state index contributed by atoms with van der Waals surface area (Å²) in [6.07, 6.45) is 2.92. The van der Waals surface area contributed by atoms with Gasteiger partial charge in [0, 0.05) is 25.0 Å². The highest BCUT2D eigenvalue weighted by molar-refractivity contribution is 5.81. The average molecular weight is 425 g/mol. The first-order valence-corrected chi connectivity index (χ1v) is 11.0. The van der Waals surface area contributed by atoms with Crippen LogP contribution in [0.4, 0.5) is 0 Å². The molecule has 1 amide bonds. The van der Waals surface area contributed by atoms with Crippen LogP contribution in [0.2, 0.25) is 0 Å². The summed E-state index contributed by atoms with van der Waals surface area (Å²) >= 11 is 0. The molecule has 0 bridgehead atoms. The number of fused-ring (bicyclic) bond motifs is 1. The fourth-order valence-corrected chi connectivity index (χ4v) is 4.52. The van der Waals surface area contributed by atoms with Crippen molar-refractivity contribution in [1.82, 2.24) is 10.2 Å². The average Bonchev–Trinajstić information content (AvgIpc) is 3.64. The van der Waals surface area contributed by atoms with Gasteiger partial charge >= 0.3 is 0 Å². The second-order valence-electron chi connectivity index (χ2n) is 8.49. The summed E-state index contributed by atoms with van der Waals surface area (Å²) in [6.45, 7) is 3.81. The van der Waals surface area contributed by atoms with Crippen molar-refractivity contribution < 1.29 is 19.0 Å². The number of rotatable bonds is 8. The van der Waals surface area contributed by atoms with Gasteiger partial charge in [0.1, 0.15) is 5.75 Å². The van der Waals surface area contributed by atoms with Gasteiger partial charge in [-0.15, -0.1) is 0 Å². The number of ether oxygens (including phenoxy) is 3. The maximum absolute atomic E-state index is 12.5. The fraction of sp³-hybridized carbons (Fsp3) is 0.480. The molecule has 1 N–H and O–H groups in total. The molecule has 2 aliphatic rings. The molecule has 2 aromatic carbocycles. The molecule has 2 atom stereocenters. The van der Waals surface area contributed by atoms with Crippen LogP contribution in [0.1, 0.15) is 42.5 Å². The van der Waals surface area contributed by atoms with Crippen LogP contribution in [0.3, 0.4) is 0 Å². The molecule has 4 rings (SSSR count). The molecule has 1 heterocycles. The number of methoxy groups -OCH3 is 3. The largest absolute Gasteiger partial charge is 0.497 e. The van der Waals surface area contributed by atoms with Gasteiger partial charge < -0.3 is 19.5 Å². The van der Waals surface area contributed by atoms with Gasteiger partial charge in [-0.3, -0.25) is 9.69 Å². The van der Waals surface area contributed by atoms with E-state index in [0.717, 1.165) is 49.6 Å². The lowest BCUT2D eigenvalue weighted by Crippen LogP contribution is -2.47. The highest BCUT2D eigenvalue weighted by Gasteiger charge is 2.36. The zero-order chi connectivity index (χ0) is 22.0. The van der Waals surface area contributed by atoms with E-state index < -0.39 is 0 Å². The summed E-state index contributed by atoms with van der Waals surface area (Å²) in [5, 5.41) is 3.28. The number of hydrogen-bond donors (Lipinski definition) is 1. The van der Waals surface area contributed by atoms with E-state index in [9.17, 15) is 4.79 Å². The lowest BCUT2D eigenvalue weighted by Gasteiger charge is -2.41. The Morgan fingerprint density at radius 2 is 1.74 bits per heavy atom. The Morgan fingerprint density at radius 3 is 2.35 bits per heavy atom. The number of benzene rings is 2. The second-order valence-corrected chi connectivity index (χ2v) is 8.49. The molecule has 166 valence electrons. The van der Waals surface area contributed by atoms with Crippen LogP contribution in [-0.4, -0.2) is 44.7 Å². The molecule has 1 aliphatic heterocycles. The van der Waals surface area contributed by atoms with Gasteiger partial charge in [0.25, 0.3) is 0 Å². The molecular formula is C25H32N2O4. The van der Waals surface area contributed by atoms with Crippen molar-refractivity contribution in [2.75, 3.05) is 27.9 Å². The topological polar surface area (TPSA) is 60.0 Å².